The van der Waals surface area contributed by atoms with Gasteiger partial charge >= 0.3 is 0 Å². The van der Waals surface area contributed by atoms with Crippen molar-refractivity contribution in [3.63, 3.8) is 0 Å². The predicted octanol–water partition coefficient (Wildman–Crippen LogP) is 1.75. The molecule has 0 aliphatic carbocycles. The fraction of sp³-hybridized carbons (Fsp3) is 0.562. The standard InChI is InChI=1S/C16H22N4O3/c21-16(11-17-12-5-1-2-7-15(12)20(22)23)18-13-8-10-19-9-4-3-6-14(13)19/h1-2,5,7,13-14,17H,3-4,6,8-11H2,(H,18,21)/t13-,14-/m1/s1. The minimum Gasteiger partial charge on any atom is -0.371 e. The van der Waals surface area contributed by atoms with E-state index in [2.05, 4.69) is 15.5 Å². The minimum atomic E-state index is -0.447. The lowest BCUT2D eigenvalue weighted by atomic mass is 9.99. The average molecular weight is 318 g/mol. The van der Waals surface area contributed by atoms with Crippen molar-refractivity contribution in [2.45, 2.75) is 37.8 Å². The van der Waals surface area contributed by atoms with Crippen molar-refractivity contribution < 1.29 is 9.72 Å². The van der Waals surface area contributed by atoms with Crippen LogP contribution in [0.5, 0.6) is 0 Å². The van der Waals surface area contributed by atoms with Crippen LogP contribution < -0.4 is 10.6 Å². The third kappa shape index (κ3) is 3.61. The van der Waals surface area contributed by atoms with Gasteiger partial charge in [0.05, 0.1) is 11.5 Å². The average Bonchev–Trinajstić information content (AvgIpc) is 2.96. The molecule has 7 nitrogen and oxygen atoms in total. The van der Waals surface area contributed by atoms with Crippen LogP contribution in [0.4, 0.5) is 11.4 Å². The first-order chi connectivity index (χ1) is 11.1. The Labute approximate surface area is 135 Å². The molecule has 2 atom stereocenters. The lowest BCUT2D eigenvalue weighted by molar-refractivity contribution is -0.383. The van der Waals surface area contributed by atoms with E-state index in [-0.39, 0.29) is 24.2 Å². The van der Waals surface area contributed by atoms with E-state index in [9.17, 15) is 14.9 Å². The van der Waals surface area contributed by atoms with Crippen LogP contribution in [0.3, 0.4) is 0 Å². The number of piperidine rings is 1. The van der Waals surface area contributed by atoms with Crippen molar-refractivity contribution in [1.29, 1.82) is 0 Å². The van der Waals surface area contributed by atoms with E-state index >= 15 is 0 Å². The van der Waals surface area contributed by atoms with Crippen molar-refractivity contribution in [2.24, 2.45) is 0 Å². The normalized spacial score (nSPS) is 24.0. The first kappa shape index (κ1) is 15.7. The number of hydrogen-bond acceptors (Lipinski definition) is 5. The number of nitrogens with zero attached hydrogens (tertiary/aromatic N) is 2. The smallest absolute Gasteiger partial charge is 0.292 e. The molecule has 0 spiro atoms. The molecule has 1 aromatic rings. The van der Waals surface area contributed by atoms with Crippen molar-refractivity contribution in [3.05, 3.63) is 34.4 Å². The highest BCUT2D eigenvalue weighted by Gasteiger charge is 2.36. The number of carbonyl (C=O) groups excluding carboxylic acids is 1. The van der Waals surface area contributed by atoms with Crippen molar-refractivity contribution in [3.8, 4) is 0 Å². The summed E-state index contributed by atoms with van der Waals surface area (Å²) >= 11 is 0. The molecule has 2 saturated heterocycles. The highest BCUT2D eigenvalue weighted by Crippen LogP contribution is 2.27. The molecule has 0 radical (unpaired) electrons. The van der Waals surface area contributed by atoms with E-state index in [0.29, 0.717) is 11.7 Å². The number of para-hydroxylation sites is 2. The highest BCUT2D eigenvalue weighted by atomic mass is 16.6. The number of rotatable bonds is 5. The number of amides is 1. The number of hydrogen-bond donors (Lipinski definition) is 2. The van der Waals surface area contributed by atoms with Crippen LogP contribution in [-0.2, 0) is 4.79 Å². The highest BCUT2D eigenvalue weighted by molar-refractivity contribution is 5.82. The van der Waals surface area contributed by atoms with Crippen LogP contribution in [0.15, 0.2) is 24.3 Å². The van der Waals surface area contributed by atoms with E-state index in [1.807, 2.05) is 0 Å². The monoisotopic (exact) mass is 318 g/mol. The number of fused-ring (bicyclic) bond motifs is 1. The van der Waals surface area contributed by atoms with Gasteiger partial charge in [-0.1, -0.05) is 18.6 Å². The Balaban J connectivity index is 1.53. The summed E-state index contributed by atoms with van der Waals surface area (Å²) in [6.45, 7) is 2.23. The summed E-state index contributed by atoms with van der Waals surface area (Å²) in [5, 5.41) is 16.9. The second-order valence-electron chi connectivity index (χ2n) is 6.19. The molecule has 1 aromatic carbocycles. The molecule has 2 aliphatic rings. The van der Waals surface area contributed by atoms with Gasteiger partial charge in [-0.15, -0.1) is 0 Å². The Kier molecular flexibility index (Phi) is 4.76. The molecule has 7 heteroatoms. The largest absolute Gasteiger partial charge is 0.371 e. The van der Waals surface area contributed by atoms with Gasteiger partial charge in [0.25, 0.3) is 5.69 Å². The van der Waals surface area contributed by atoms with Gasteiger partial charge in [0.1, 0.15) is 5.69 Å². The van der Waals surface area contributed by atoms with Crippen LogP contribution in [0.2, 0.25) is 0 Å². The lowest BCUT2D eigenvalue weighted by Crippen LogP contribution is -2.48. The number of carbonyl (C=O) groups is 1. The molecular formula is C16H22N4O3. The van der Waals surface area contributed by atoms with Crippen LogP contribution in [0, 0.1) is 10.1 Å². The number of nitro groups is 1. The first-order valence-corrected chi connectivity index (χ1v) is 8.16. The maximum Gasteiger partial charge on any atom is 0.292 e. The number of nitro benzene ring substituents is 1. The van der Waals surface area contributed by atoms with Crippen LogP contribution in [-0.4, -0.2) is 47.4 Å². The third-order valence-electron chi connectivity index (χ3n) is 4.74. The zero-order valence-electron chi connectivity index (χ0n) is 13.0. The summed E-state index contributed by atoms with van der Waals surface area (Å²) in [6.07, 6.45) is 4.60. The Morgan fingerprint density at radius 1 is 1.26 bits per heavy atom. The van der Waals surface area contributed by atoms with E-state index in [1.54, 1.807) is 18.2 Å². The Morgan fingerprint density at radius 2 is 2.09 bits per heavy atom. The number of nitrogens with one attached hydrogen (secondary N) is 2. The number of benzene rings is 1. The van der Waals surface area contributed by atoms with Crippen LogP contribution in [0.25, 0.3) is 0 Å². The van der Waals surface area contributed by atoms with E-state index in [4.69, 9.17) is 0 Å². The van der Waals surface area contributed by atoms with Crippen LogP contribution in [0.1, 0.15) is 25.7 Å². The Hall–Kier alpha value is -2.15. The third-order valence-corrected chi connectivity index (χ3v) is 4.74. The molecule has 124 valence electrons. The molecule has 0 aromatic heterocycles. The molecule has 0 bridgehead atoms. The fourth-order valence-corrected chi connectivity index (χ4v) is 3.63. The van der Waals surface area contributed by atoms with E-state index < -0.39 is 4.92 Å². The van der Waals surface area contributed by atoms with Gasteiger partial charge in [-0.05, 0) is 31.9 Å². The topological polar surface area (TPSA) is 87.5 Å². The molecule has 0 unspecified atom stereocenters. The maximum atomic E-state index is 12.2. The molecule has 3 rings (SSSR count). The molecule has 2 aliphatic heterocycles. The second kappa shape index (κ2) is 6.95. The first-order valence-electron chi connectivity index (χ1n) is 8.16. The molecule has 23 heavy (non-hydrogen) atoms. The summed E-state index contributed by atoms with van der Waals surface area (Å²) in [5.74, 6) is -0.111. The van der Waals surface area contributed by atoms with Crippen molar-refractivity contribution in [2.75, 3.05) is 25.0 Å². The molecular weight excluding hydrogens is 296 g/mol. The van der Waals surface area contributed by atoms with Gasteiger partial charge in [0.2, 0.25) is 5.91 Å². The van der Waals surface area contributed by atoms with Crippen LogP contribution >= 0.6 is 0 Å². The van der Waals surface area contributed by atoms with Crippen molar-refractivity contribution in [1.82, 2.24) is 10.2 Å². The predicted molar refractivity (Wildman–Crippen MR) is 87.3 cm³/mol. The van der Waals surface area contributed by atoms with Gasteiger partial charge in [-0.3, -0.25) is 19.8 Å². The van der Waals surface area contributed by atoms with Gasteiger partial charge < -0.3 is 10.6 Å². The summed E-state index contributed by atoms with van der Waals surface area (Å²) in [5.41, 5.74) is 0.359. The fourth-order valence-electron chi connectivity index (χ4n) is 3.63. The lowest BCUT2D eigenvalue weighted by Gasteiger charge is -2.32. The van der Waals surface area contributed by atoms with Crippen molar-refractivity contribution >= 4 is 17.3 Å². The maximum absolute atomic E-state index is 12.2. The van der Waals surface area contributed by atoms with Gasteiger partial charge in [-0.25, -0.2) is 0 Å². The molecule has 2 heterocycles. The summed E-state index contributed by atoms with van der Waals surface area (Å²) < 4.78 is 0. The zero-order chi connectivity index (χ0) is 16.2. The quantitative estimate of drug-likeness (QED) is 0.638. The Morgan fingerprint density at radius 3 is 2.91 bits per heavy atom. The second-order valence-corrected chi connectivity index (χ2v) is 6.19. The van der Waals surface area contributed by atoms with Gasteiger partial charge in [-0.2, -0.15) is 0 Å². The summed E-state index contributed by atoms with van der Waals surface area (Å²) in [6, 6.07) is 7.03. The molecule has 2 fully saturated rings. The molecule has 1 amide bonds. The minimum absolute atomic E-state index is 0.0142. The zero-order valence-corrected chi connectivity index (χ0v) is 13.0. The van der Waals surface area contributed by atoms with E-state index in [1.165, 1.54) is 18.9 Å². The van der Waals surface area contributed by atoms with Gasteiger partial charge in [0, 0.05) is 24.7 Å². The van der Waals surface area contributed by atoms with Gasteiger partial charge in [0.15, 0.2) is 0 Å². The van der Waals surface area contributed by atoms with E-state index in [0.717, 1.165) is 25.9 Å². The molecule has 2 N–H and O–H groups in total. The SMILES string of the molecule is O=C(CNc1ccccc1[N+](=O)[O-])N[C@@H]1CCN2CCCC[C@H]12. The summed E-state index contributed by atoms with van der Waals surface area (Å²) in [4.78, 5) is 25.1. The summed E-state index contributed by atoms with van der Waals surface area (Å²) in [7, 11) is 0. The molecule has 0 saturated carbocycles. The Bertz CT molecular complexity index is 592. The number of anilines is 1.